The molecule has 0 radical (unpaired) electrons. The van der Waals surface area contributed by atoms with E-state index in [1.807, 2.05) is 58.2 Å². The van der Waals surface area contributed by atoms with Gasteiger partial charge in [-0.05, 0) is 75.8 Å². The molecule has 246 valence electrons. The summed E-state index contributed by atoms with van der Waals surface area (Å²) in [5.74, 6) is -0.582. The van der Waals surface area contributed by atoms with Crippen molar-refractivity contribution in [1.82, 2.24) is 25.3 Å². The van der Waals surface area contributed by atoms with Crippen molar-refractivity contribution in [2.45, 2.75) is 124 Å². The SMILES string of the molecule is C/C(=C\C(C(C)C)N(C)C(=O)C(NC(=O)C1CCCCN1C(C)C)C(C)(C)C)C(=O)N1CCCC1C(=O)NCc1cccs1. The molecule has 0 saturated carbocycles. The van der Waals surface area contributed by atoms with E-state index in [4.69, 9.17) is 0 Å². The lowest BCUT2D eigenvalue weighted by Gasteiger charge is -2.41. The largest absolute Gasteiger partial charge is 0.349 e. The quantitative estimate of drug-likeness (QED) is 0.349. The molecule has 4 amide bonds. The molecule has 4 unspecified atom stereocenters. The molecule has 3 rings (SSSR count). The Hall–Kier alpha value is -2.72. The van der Waals surface area contributed by atoms with Crippen LogP contribution in [0.2, 0.25) is 0 Å². The number of piperidine rings is 1. The number of rotatable bonds is 11. The zero-order valence-corrected chi connectivity index (χ0v) is 29.1. The minimum Gasteiger partial charge on any atom is -0.349 e. The van der Waals surface area contributed by atoms with Gasteiger partial charge in [-0.2, -0.15) is 0 Å². The minimum absolute atomic E-state index is 0.0151. The average Bonchev–Trinajstić information content (AvgIpc) is 3.68. The summed E-state index contributed by atoms with van der Waals surface area (Å²) in [4.78, 5) is 61.0. The van der Waals surface area contributed by atoms with E-state index < -0.39 is 17.5 Å². The molecule has 0 spiro atoms. The van der Waals surface area contributed by atoms with Crippen LogP contribution in [-0.2, 0) is 25.7 Å². The van der Waals surface area contributed by atoms with Crippen LogP contribution in [0.15, 0.2) is 29.2 Å². The summed E-state index contributed by atoms with van der Waals surface area (Å²) >= 11 is 1.59. The first-order valence-corrected chi connectivity index (χ1v) is 17.1. The van der Waals surface area contributed by atoms with Crippen molar-refractivity contribution >= 4 is 35.0 Å². The minimum atomic E-state index is -0.725. The number of hydrogen-bond acceptors (Lipinski definition) is 6. The number of amides is 4. The Morgan fingerprint density at radius 2 is 1.70 bits per heavy atom. The highest BCUT2D eigenvalue weighted by atomic mass is 32.1. The molecule has 2 fully saturated rings. The molecule has 3 heterocycles. The monoisotopic (exact) mass is 629 g/mol. The van der Waals surface area contributed by atoms with Gasteiger partial charge in [0.2, 0.25) is 23.6 Å². The Morgan fingerprint density at radius 1 is 1.02 bits per heavy atom. The van der Waals surface area contributed by atoms with Crippen LogP contribution in [0.5, 0.6) is 0 Å². The van der Waals surface area contributed by atoms with Gasteiger partial charge in [0.25, 0.3) is 0 Å². The molecule has 2 N–H and O–H groups in total. The Kier molecular flexibility index (Phi) is 12.6. The highest BCUT2D eigenvalue weighted by Gasteiger charge is 2.40. The maximum absolute atomic E-state index is 14.1. The van der Waals surface area contributed by atoms with E-state index in [0.717, 1.165) is 37.1 Å². The first-order valence-electron chi connectivity index (χ1n) is 16.3. The molecule has 10 heteroatoms. The fraction of sp³-hybridized carbons (Fsp3) is 0.706. The third-order valence-corrected chi connectivity index (χ3v) is 9.86. The van der Waals surface area contributed by atoms with E-state index in [-0.39, 0.29) is 47.7 Å². The second-order valence-electron chi connectivity index (χ2n) is 14.1. The highest BCUT2D eigenvalue weighted by molar-refractivity contribution is 7.09. The number of carbonyl (C=O) groups excluding carboxylic acids is 4. The molecular weight excluding hydrogens is 574 g/mol. The maximum atomic E-state index is 14.1. The van der Waals surface area contributed by atoms with Gasteiger partial charge in [0.05, 0.1) is 18.6 Å². The topological polar surface area (TPSA) is 102 Å². The van der Waals surface area contributed by atoms with Crippen molar-refractivity contribution in [3.63, 3.8) is 0 Å². The van der Waals surface area contributed by atoms with Crippen molar-refractivity contribution in [1.29, 1.82) is 0 Å². The summed E-state index contributed by atoms with van der Waals surface area (Å²) in [5.41, 5.74) is -0.0133. The summed E-state index contributed by atoms with van der Waals surface area (Å²) in [6.07, 6.45) is 6.11. The van der Waals surface area contributed by atoms with E-state index in [1.165, 1.54) is 0 Å². The number of hydrogen-bond donors (Lipinski definition) is 2. The summed E-state index contributed by atoms with van der Waals surface area (Å²) in [6.45, 7) is 17.8. The van der Waals surface area contributed by atoms with Crippen molar-refractivity contribution in [3.8, 4) is 0 Å². The number of nitrogens with one attached hydrogen (secondary N) is 2. The maximum Gasteiger partial charge on any atom is 0.249 e. The van der Waals surface area contributed by atoms with Gasteiger partial charge in [-0.1, -0.05) is 53.2 Å². The van der Waals surface area contributed by atoms with Crippen molar-refractivity contribution < 1.29 is 19.2 Å². The Balaban J connectivity index is 1.75. The summed E-state index contributed by atoms with van der Waals surface area (Å²) in [6, 6.07) is 2.33. The first-order chi connectivity index (χ1) is 20.6. The Morgan fingerprint density at radius 3 is 2.30 bits per heavy atom. The number of likely N-dealkylation sites (tertiary alicyclic amines) is 2. The fourth-order valence-electron chi connectivity index (χ4n) is 6.38. The van der Waals surface area contributed by atoms with Gasteiger partial charge < -0.3 is 20.4 Å². The van der Waals surface area contributed by atoms with Gasteiger partial charge in [0.1, 0.15) is 12.1 Å². The molecule has 1 aromatic rings. The second kappa shape index (κ2) is 15.5. The molecule has 2 aliphatic rings. The Labute approximate surface area is 268 Å². The van der Waals surface area contributed by atoms with Crippen molar-refractivity contribution in [3.05, 3.63) is 34.0 Å². The first kappa shape index (κ1) is 35.8. The standard InChI is InChI=1S/C34H55N5O4S/c1-22(2)28(20-24(5)32(42)39-18-12-16-26(39)30(40)35-21-25-14-13-19-44-25)37(9)33(43)29(34(6,7)8)36-31(41)27-15-10-11-17-38(27)23(3)4/h13-14,19-20,22-23,26-29H,10-12,15-18,21H2,1-9H3,(H,35,40)(H,36,41)/b24-20+. The molecule has 9 nitrogen and oxygen atoms in total. The normalized spacial score (nSPS) is 21.3. The molecule has 44 heavy (non-hydrogen) atoms. The zero-order chi connectivity index (χ0) is 32.8. The number of nitrogens with zero attached hydrogens (tertiary/aromatic N) is 3. The fourth-order valence-corrected chi connectivity index (χ4v) is 7.03. The molecule has 0 aliphatic carbocycles. The third kappa shape index (κ3) is 8.93. The predicted molar refractivity (Wildman–Crippen MR) is 177 cm³/mol. The van der Waals surface area contributed by atoms with Crippen LogP contribution in [0, 0.1) is 11.3 Å². The van der Waals surface area contributed by atoms with E-state index >= 15 is 0 Å². The molecule has 0 bridgehead atoms. The summed E-state index contributed by atoms with van der Waals surface area (Å²) < 4.78 is 0. The molecule has 4 atom stereocenters. The van der Waals surface area contributed by atoms with Gasteiger partial charge in [0, 0.05) is 30.1 Å². The second-order valence-corrected chi connectivity index (χ2v) is 15.2. The van der Waals surface area contributed by atoms with Gasteiger partial charge in [0.15, 0.2) is 0 Å². The molecule has 2 aliphatic heterocycles. The van der Waals surface area contributed by atoms with Gasteiger partial charge in [-0.15, -0.1) is 11.3 Å². The van der Waals surface area contributed by atoms with E-state index in [0.29, 0.717) is 25.1 Å². The van der Waals surface area contributed by atoms with Gasteiger partial charge in [-0.3, -0.25) is 24.1 Å². The summed E-state index contributed by atoms with van der Waals surface area (Å²) in [7, 11) is 1.75. The number of carbonyl (C=O) groups is 4. The lowest BCUT2D eigenvalue weighted by atomic mass is 9.84. The van der Waals surface area contributed by atoms with Crippen LogP contribution < -0.4 is 10.6 Å². The van der Waals surface area contributed by atoms with Crippen LogP contribution in [0.1, 0.15) is 92.4 Å². The van der Waals surface area contributed by atoms with Crippen molar-refractivity contribution in [2.75, 3.05) is 20.1 Å². The number of thiophene rings is 1. The van der Waals surface area contributed by atoms with Gasteiger partial charge in [-0.25, -0.2) is 0 Å². The smallest absolute Gasteiger partial charge is 0.249 e. The average molecular weight is 630 g/mol. The van der Waals surface area contributed by atoms with E-state index in [9.17, 15) is 19.2 Å². The zero-order valence-electron chi connectivity index (χ0n) is 28.3. The van der Waals surface area contributed by atoms with Gasteiger partial charge >= 0.3 is 0 Å². The third-order valence-electron chi connectivity index (χ3n) is 8.98. The number of likely N-dealkylation sites (N-methyl/N-ethyl adjacent to an activating group) is 1. The molecule has 2 saturated heterocycles. The van der Waals surface area contributed by atoms with Crippen LogP contribution in [0.25, 0.3) is 0 Å². The van der Waals surface area contributed by atoms with E-state index in [2.05, 4.69) is 29.4 Å². The van der Waals surface area contributed by atoms with E-state index in [1.54, 1.807) is 35.1 Å². The van der Waals surface area contributed by atoms with Crippen LogP contribution >= 0.6 is 11.3 Å². The lowest BCUT2D eigenvalue weighted by Crippen LogP contribution is -2.60. The molecular formula is C34H55N5O4S. The summed E-state index contributed by atoms with van der Waals surface area (Å²) in [5, 5.41) is 8.10. The van der Waals surface area contributed by atoms with Crippen LogP contribution in [-0.4, -0.2) is 88.7 Å². The Bertz CT molecular complexity index is 1170. The lowest BCUT2D eigenvalue weighted by molar-refractivity contribution is -0.142. The van der Waals surface area contributed by atoms with Crippen LogP contribution in [0.3, 0.4) is 0 Å². The van der Waals surface area contributed by atoms with Crippen LogP contribution in [0.4, 0.5) is 0 Å². The highest BCUT2D eigenvalue weighted by Crippen LogP contribution is 2.27. The predicted octanol–water partition coefficient (Wildman–Crippen LogP) is 4.58. The molecule has 0 aromatic carbocycles. The van der Waals surface area contributed by atoms with Crippen molar-refractivity contribution in [2.24, 2.45) is 11.3 Å². The molecule has 1 aromatic heterocycles.